The lowest BCUT2D eigenvalue weighted by Crippen LogP contribution is -2.44. The second-order valence-electron chi connectivity index (χ2n) is 8.78. The highest BCUT2D eigenvalue weighted by atomic mass is 35.5. The molecule has 194 valence electrons. The van der Waals surface area contributed by atoms with Crippen LogP contribution >= 0.6 is 12.4 Å². The summed E-state index contributed by atoms with van der Waals surface area (Å²) in [6.07, 6.45) is 1.26. The Morgan fingerprint density at radius 3 is 2.11 bits per heavy atom. The predicted octanol–water partition coefficient (Wildman–Crippen LogP) is 4.83. The molecule has 1 atom stereocenters. The Balaban J connectivity index is 0.00000361. The van der Waals surface area contributed by atoms with E-state index in [0.29, 0.717) is 17.2 Å². The van der Waals surface area contributed by atoms with Gasteiger partial charge in [-0.15, -0.1) is 12.4 Å². The number of nitrogens with one attached hydrogen (secondary N) is 2. The minimum Gasteiger partial charge on any atom is -0.497 e. The molecule has 1 fully saturated rings. The number of rotatable bonds is 8. The van der Waals surface area contributed by atoms with Gasteiger partial charge in [-0.2, -0.15) is 0 Å². The van der Waals surface area contributed by atoms with Crippen molar-refractivity contribution in [1.29, 1.82) is 0 Å². The summed E-state index contributed by atoms with van der Waals surface area (Å²) in [5.41, 5.74) is 4.36. The fraction of sp³-hybridized carbons (Fsp3) is 0.333. The van der Waals surface area contributed by atoms with E-state index in [1.807, 2.05) is 60.7 Å². The van der Waals surface area contributed by atoms with E-state index in [-0.39, 0.29) is 23.2 Å². The largest absolute Gasteiger partial charge is 0.497 e. The summed E-state index contributed by atoms with van der Waals surface area (Å²) in [7, 11) is -0.255. The van der Waals surface area contributed by atoms with E-state index in [4.69, 9.17) is 9.47 Å². The zero-order valence-electron chi connectivity index (χ0n) is 21.1. The molecule has 3 aromatic rings. The van der Waals surface area contributed by atoms with Crippen LogP contribution < -0.4 is 25.0 Å². The van der Waals surface area contributed by atoms with E-state index in [9.17, 15) is 8.42 Å². The van der Waals surface area contributed by atoms with Gasteiger partial charge in [0.1, 0.15) is 11.5 Å². The third-order valence-corrected chi connectivity index (χ3v) is 7.52. The molecule has 0 amide bonds. The monoisotopic (exact) mass is 531 g/mol. The quantitative estimate of drug-likeness (QED) is 0.431. The minimum absolute atomic E-state index is 0. The SMILES string of the molecule is COc1cc(OC)cc(C(C)c2cc(S(C)(=O)=O)c(Nc3ccccc3)cc2N2CCNCC2)c1.Cl. The van der Waals surface area contributed by atoms with Crippen molar-refractivity contribution < 1.29 is 17.9 Å². The number of methoxy groups -OCH3 is 2. The molecule has 0 spiro atoms. The maximum atomic E-state index is 12.9. The van der Waals surface area contributed by atoms with Crippen LogP contribution in [0.15, 0.2) is 65.6 Å². The molecule has 1 heterocycles. The van der Waals surface area contributed by atoms with Crippen molar-refractivity contribution in [2.24, 2.45) is 0 Å². The van der Waals surface area contributed by atoms with Crippen LogP contribution in [0.1, 0.15) is 24.0 Å². The first-order valence-electron chi connectivity index (χ1n) is 11.7. The van der Waals surface area contributed by atoms with Crippen molar-refractivity contribution in [2.75, 3.05) is 56.9 Å². The molecule has 2 N–H and O–H groups in total. The van der Waals surface area contributed by atoms with E-state index in [1.54, 1.807) is 14.2 Å². The normalized spacial score (nSPS) is 14.5. The summed E-state index contributed by atoms with van der Waals surface area (Å²) in [4.78, 5) is 2.60. The Kier molecular flexibility index (Phi) is 9.11. The Labute approximate surface area is 220 Å². The van der Waals surface area contributed by atoms with Crippen molar-refractivity contribution in [3.05, 3.63) is 71.8 Å². The molecule has 0 saturated carbocycles. The Hall–Kier alpha value is -2.94. The number of ether oxygens (including phenoxy) is 2. The van der Waals surface area contributed by atoms with Crippen LogP contribution in [0.4, 0.5) is 17.1 Å². The summed E-state index contributed by atoms with van der Waals surface area (Å²) in [6.45, 7) is 5.51. The van der Waals surface area contributed by atoms with Gasteiger partial charge in [0.05, 0.1) is 24.8 Å². The zero-order chi connectivity index (χ0) is 25.0. The van der Waals surface area contributed by atoms with Gasteiger partial charge in [0, 0.05) is 55.8 Å². The first-order chi connectivity index (χ1) is 16.8. The molecule has 9 heteroatoms. The molecule has 0 aliphatic carbocycles. The van der Waals surface area contributed by atoms with Crippen LogP contribution in [0.5, 0.6) is 11.5 Å². The fourth-order valence-corrected chi connectivity index (χ4v) is 5.30. The fourth-order valence-electron chi connectivity index (χ4n) is 4.45. The van der Waals surface area contributed by atoms with E-state index < -0.39 is 9.84 Å². The van der Waals surface area contributed by atoms with Crippen molar-refractivity contribution in [1.82, 2.24) is 5.32 Å². The highest BCUT2D eigenvalue weighted by molar-refractivity contribution is 7.90. The van der Waals surface area contributed by atoms with Gasteiger partial charge in [0.15, 0.2) is 9.84 Å². The maximum Gasteiger partial charge on any atom is 0.177 e. The third kappa shape index (κ3) is 6.24. The second kappa shape index (κ2) is 11.9. The molecule has 3 aromatic carbocycles. The minimum atomic E-state index is -3.51. The Morgan fingerprint density at radius 2 is 1.56 bits per heavy atom. The second-order valence-corrected chi connectivity index (χ2v) is 10.8. The molecule has 0 bridgehead atoms. The van der Waals surface area contributed by atoms with Crippen LogP contribution in [0, 0.1) is 0 Å². The molecule has 4 rings (SSSR count). The van der Waals surface area contributed by atoms with E-state index in [0.717, 1.165) is 48.7 Å². The van der Waals surface area contributed by atoms with Crippen LogP contribution in [0.25, 0.3) is 0 Å². The standard InChI is InChI=1S/C27H33N3O4S.ClH/c1-19(20-14-22(33-2)16-23(15-20)34-3)24-17-27(35(4,31)32)25(29-21-8-6-5-7-9-21)18-26(24)30-12-10-28-11-13-30;/h5-9,14-19,28-29H,10-13H2,1-4H3;1H. The lowest BCUT2D eigenvalue weighted by Gasteiger charge is -2.33. The zero-order valence-corrected chi connectivity index (χ0v) is 22.7. The van der Waals surface area contributed by atoms with Crippen LogP contribution in [0.2, 0.25) is 0 Å². The van der Waals surface area contributed by atoms with Gasteiger partial charge in [0.25, 0.3) is 0 Å². The van der Waals surface area contributed by atoms with Gasteiger partial charge in [-0.3, -0.25) is 0 Å². The number of piperazine rings is 1. The Morgan fingerprint density at radius 1 is 0.944 bits per heavy atom. The molecule has 0 aromatic heterocycles. The number of benzene rings is 3. The van der Waals surface area contributed by atoms with Gasteiger partial charge in [-0.05, 0) is 47.5 Å². The smallest absolute Gasteiger partial charge is 0.177 e. The molecule has 7 nitrogen and oxygen atoms in total. The van der Waals surface area contributed by atoms with E-state index in [2.05, 4.69) is 22.5 Å². The molecule has 36 heavy (non-hydrogen) atoms. The average Bonchev–Trinajstić information content (AvgIpc) is 2.88. The first kappa shape index (κ1) is 27.6. The topological polar surface area (TPSA) is 79.9 Å². The number of nitrogens with zero attached hydrogens (tertiary/aromatic N) is 1. The molecule has 1 unspecified atom stereocenters. The van der Waals surface area contributed by atoms with Crippen molar-refractivity contribution in [3.63, 3.8) is 0 Å². The number of sulfone groups is 1. The molecule has 0 radical (unpaired) electrons. The number of hydrogen-bond donors (Lipinski definition) is 2. The van der Waals surface area contributed by atoms with Crippen molar-refractivity contribution >= 4 is 39.3 Å². The van der Waals surface area contributed by atoms with Gasteiger partial charge >= 0.3 is 0 Å². The summed E-state index contributed by atoms with van der Waals surface area (Å²) >= 11 is 0. The van der Waals surface area contributed by atoms with Gasteiger partial charge in [-0.1, -0.05) is 25.1 Å². The van der Waals surface area contributed by atoms with Crippen LogP contribution in [-0.2, 0) is 9.84 Å². The molecule has 1 aliphatic heterocycles. The highest BCUT2D eigenvalue weighted by Crippen LogP contribution is 2.40. The third-order valence-electron chi connectivity index (χ3n) is 6.38. The average molecular weight is 532 g/mol. The molecule has 1 saturated heterocycles. The maximum absolute atomic E-state index is 12.9. The van der Waals surface area contributed by atoms with Crippen molar-refractivity contribution in [3.8, 4) is 11.5 Å². The van der Waals surface area contributed by atoms with Gasteiger partial charge < -0.3 is 25.0 Å². The number of anilines is 3. The first-order valence-corrected chi connectivity index (χ1v) is 13.6. The van der Waals surface area contributed by atoms with Gasteiger partial charge in [0.2, 0.25) is 0 Å². The summed E-state index contributed by atoms with van der Waals surface area (Å²) in [6, 6.07) is 19.2. The van der Waals surface area contributed by atoms with E-state index in [1.165, 1.54) is 6.26 Å². The molecular formula is C27H34ClN3O4S. The number of halogens is 1. The van der Waals surface area contributed by atoms with Crippen LogP contribution in [0.3, 0.4) is 0 Å². The number of para-hydroxylation sites is 1. The summed E-state index contributed by atoms with van der Waals surface area (Å²) < 4.78 is 36.9. The highest BCUT2D eigenvalue weighted by Gasteiger charge is 2.25. The Bertz CT molecular complexity index is 1260. The van der Waals surface area contributed by atoms with Crippen molar-refractivity contribution in [2.45, 2.75) is 17.7 Å². The summed E-state index contributed by atoms with van der Waals surface area (Å²) in [5.74, 6) is 1.29. The lowest BCUT2D eigenvalue weighted by molar-refractivity contribution is 0.393. The predicted molar refractivity (Wildman–Crippen MR) is 149 cm³/mol. The summed E-state index contributed by atoms with van der Waals surface area (Å²) in [5, 5.41) is 6.74. The number of hydrogen-bond acceptors (Lipinski definition) is 7. The van der Waals surface area contributed by atoms with E-state index >= 15 is 0 Å². The van der Waals surface area contributed by atoms with Crippen LogP contribution in [-0.4, -0.2) is 55.1 Å². The molecule has 1 aliphatic rings. The lowest BCUT2D eigenvalue weighted by atomic mass is 9.90. The van der Waals surface area contributed by atoms with Gasteiger partial charge in [-0.25, -0.2) is 8.42 Å². The molecular weight excluding hydrogens is 498 g/mol.